The summed E-state index contributed by atoms with van der Waals surface area (Å²) < 4.78 is 11.3. The Hall–Kier alpha value is -2.15. The third-order valence-electron chi connectivity index (χ3n) is 6.06. The summed E-state index contributed by atoms with van der Waals surface area (Å²) in [5.41, 5.74) is -0.641. The second-order valence-corrected chi connectivity index (χ2v) is 7.51. The van der Waals surface area contributed by atoms with Crippen LogP contribution in [0.4, 0.5) is 0 Å². The fourth-order valence-corrected chi connectivity index (χ4v) is 4.74. The number of likely N-dealkylation sites (tertiary alicyclic amines) is 1. The highest BCUT2D eigenvalue weighted by atomic mass is 16.5. The van der Waals surface area contributed by atoms with Crippen molar-refractivity contribution in [1.29, 1.82) is 0 Å². The van der Waals surface area contributed by atoms with Gasteiger partial charge in [0.1, 0.15) is 5.60 Å². The lowest BCUT2D eigenvalue weighted by molar-refractivity contribution is -0.143. The number of carbonyl (C=O) groups is 2. The topological polar surface area (TPSA) is 75.9 Å². The van der Waals surface area contributed by atoms with Crippen molar-refractivity contribution in [2.24, 2.45) is 11.8 Å². The maximum atomic E-state index is 13.2. The summed E-state index contributed by atoms with van der Waals surface area (Å²) in [5.74, 6) is -0.312. The highest BCUT2D eigenvalue weighted by molar-refractivity contribution is 5.93. The van der Waals surface area contributed by atoms with Crippen LogP contribution in [0.1, 0.15) is 32.4 Å². The quantitative estimate of drug-likeness (QED) is 0.721. The summed E-state index contributed by atoms with van der Waals surface area (Å²) in [5, 5.41) is 3.67. The predicted octanol–water partition coefficient (Wildman–Crippen LogP) is 1.60. The lowest BCUT2D eigenvalue weighted by Gasteiger charge is -2.29. The van der Waals surface area contributed by atoms with Gasteiger partial charge in [-0.2, -0.15) is 0 Å². The van der Waals surface area contributed by atoms with Crippen molar-refractivity contribution in [2.45, 2.75) is 51.0 Å². The molecule has 3 aliphatic rings. The Balaban J connectivity index is 1.57. The Morgan fingerprint density at radius 2 is 2.23 bits per heavy atom. The van der Waals surface area contributed by atoms with E-state index < -0.39 is 17.4 Å². The standard InChI is InChI=1S/C19H25N3O4/c1-4-12(5-2)22-11-19-8-6-14(25-19)15(16(19)18(22)24)17(23)21(3)10-13-7-9-20-26-13/h6-9,12,14-16H,4-5,10-11H2,1-3H3/t14-,15?,16?,19-/m0/s1. The van der Waals surface area contributed by atoms with Crippen molar-refractivity contribution in [1.82, 2.24) is 15.0 Å². The van der Waals surface area contributed by atoms with E-state index in [-0.39, 0.29) is 24.0 Å². The van der Waals surface area contributed by atoms with E-state index in [0.717, 1.165) is 12.8 Å². The van der Waals surface area contributed by atoms with Crippen molar-refractivity contribution < 1.29 is 18.8 Å². The van der Waals surface area contributed by atoms with Gasteiger partial charge in [0.05, 0.1) is 37.2 Å². The summed E-state index contributed by atoms with van der Waals surface area (Å²) in [6.07, 6.45) is 7.00. The molecule has 0 aliphatic carbocycles. The molecule has 0 N–H and O–H groups in total. The molecular weight excluding hydrogens is 334 g/mol. The summed E-state index contributed by atoms with van der Waals surface area (Å²) in [6, 6.07) is 1.93. The van der Waals surface area contributed by atoms with Crippen molar-refractivity contribution in [3.05, 3.63) is 30.2 Å². The minimum atomic E-state index is -0.641. The number of aromatic nitrogens is 1. The third kappa shape index (κ3) is 2.40. The first-order valence-corrected chi connectivity index (χ1v) is 9.33. The molecule has 7 nitrogen and oxygen atoms in total. The smallest absolute Gasteiger partial charge is 0.230 e. The number of ether oxygens (including phenoxy) is 1. The number of hydrogen-bond donors (Lipinski definition) is 0. The van der Waals surface area contributed by atoms with E-state index in [1.807, 2.05) is 17.1 Å². The van der Waals surface area contributed by atoms with Crippen molar-refractivity contribution in [2.75, 3.05) is 13.6 Å². The van der Waals surface area contributed by atoms with Crippen LogP contribution in [0.5, 0.6) is 0 Å². The minimum Gasteiger partial charge on any atom is -0.360 e. The van der Waals surface area contributed by atoms with Gasteiger partial charge < -0.3 is 19.1 Å². The van der Waals surface area contributed by atoms with Crippen molar-refractivity contribution in [3.63, 3.8) is 0 Å². The van der Waals surface area contributed by atoms with Gasteiger partial charge in [-0.05, 0) is 12.8 Å². The second-order valence-electron chi connectivity index (χ2n) is 7.51. The van der Waals surface area contributed by atoms with Crippen LogP contribution in [0.3, 0.4) is 0 Å². The molecule has 0 aromatic carbocycles. The van der Waals surface area contributed by atoms with Gasteiger partial charge in [-0.25, -0.2) is 0 Å². The van der Waals surface area contributed by atoms with E-state index in [2.05, 4.69) is 19.0 Å². The van der Waals surface area contributed by atoms with E-state index in [0.29, 0.717) is 18.8 Å². The van der Waals surface area contributed by atoms with E-state index in [9.17, 15) is 9.59 Å². The van der Waals surface area contributed by atoms with Crippen LogP contribution in [0.2, 0.25) is 0 Å². The van der Waals surface area contributed by atoms with Gasteiger partial charge in [-0.15, -0.1) is 0 Å². The van der Waals surface area contributed by atoms with Gasteiger partial charge in [0, 0.05) is 19.2 Å². The zero-order valence-electron chi connectivity index (χ0n) is 15.4. The van der Waals surface area contributed by atoms with Crippen LogP contribution in [0.15, 0.2) is 28.9 Å². The molecule has 4 heterocycles. The first-order chi connectivity index (χ1) is 12.5. The molecule has 2 bridgehead atoms. The lowest BCUT2D eigenvalue weighted by atomic mass is 9.76. The summed E-state index contributed by atoms with van der Waals surface area (Å²) in [7, 11) is 1.73. The number of nitrogens with zero attached hydrogens (tertiary/aromatic N) is 3. The molecule has 140 valence electrons. The number of rotatable bonds is 6. The van der Waals surface area contributed by atoms with Gasteiger partial charge in [-0.3, -0.25) is 9.59 Å². The van der Waals surface area contributed by atoms with Crippen LogP contribution in [0, 0.1) is 11.8 Å². The Morgan fingerprint density at radius 1 is 1.46 bits per heavy atom. The number of amides is 2. The number of fused-ring (bicyclic) bond motifs is 1. The minimum absolute atomic E-state index is 0.0527. The molecule has 0 radical (unpaired) electrons. The maximum absolute atomic E-state index is 13.2. The van der Waals surface area contributed by atoms with E-state index in [1.165, 1.54) is 0 Å². The van der Waals surface area contributed by atoms with E-state index in [1.54, 1.807) is 24.2 Å². The predicted molar refractivity (Wildman–Crippen MR) is 92.8 cm³/mol. The molecule has 2 fully saturated rings. The van der Waals surface area contributed by atoms with Gasteiger partial charge >= 0.3 is 0 Å². The first-order valence-electron chi connectivity index (χ1n) is 9.33. The third-order valence-corrected chi connectivity index (χ3v) is 6.06. The molecule has 2 amide bonds. The second kappa shape index (κ2) is 6.23. The van der Waals surface area contributed by atoms with Gasteiger partial charge in [0.15, 0.2) is 5.76 Å². The molecule has 2 saturated heterocycles. The SMILES string of the molecule is CCC(CC)N1C[C@]23C=C[C@H](O2)C(C(=O)N(C)Cc2ccno2)C3C1=O. The summed E-state index contributed by atoms with van der Waals surface area (Å²) in [4.78, 5) is 29.9. The van der Waals surface area contributed by atoms with Crippen molar-refractivity contribution >= 4 is 11.8 Å². The Morgan fingerprint density at radius 3 is 2.88 bits per heavy atom. The average molecular weight is 359 g/mol. The molecule has 4 rings (SSSR count). The first kappa shape index (κ1) is 17.3. The van der Waals surface area contributed by atoms with Crippen LogP contribution in [0.25, 0.3) is 0 Å². The van der Waals surface area contributed by atoms with Crippen LogP contribution in [-0.4, -0.2) is 58.1 Å². The normalized spacial score (nSPS) is 31.9. The fourth-order valence-electron chi connectivity index (χ4n) is 4.74. The monoisotopic (exact) mass is 359 g/mol. The Kier molecular flexibility index (Phi) is 4.14. The van der Waals surface area contributed by atoms with E-state index in [4.69, 9.17) is 9.26 Å². The lowest BCUT2D eigenvalue weighted by Crippen LogP contribution is -2.45. The molecule has 4 atom stereocenters. The molecule has 0 saturated carbocycles. The number of hydrogen-bond acceptors (Lipinski definition) is 5. The maximum Gasteiger partial charge on any atom is 0.230 e. The molecule has 1 aromatic rings. The molecule has 3 aliphatic heterocycles. The highest BCUT2D eigenvalue weighted by Crippen LogP contribution is 2.52. The Bertz CT molecular complexity index is 727. The van der Waals surface area contributed by atoms with Gasteiger partial charge in [0.25, 0.3) is 0 Å². The van der Waals surface area contributed by atoms with Crippen LogP contribution < -0.4 is 0 Å². The fraction of sp³-hybridized carbons (Fsp3) is 0.632. The molecule has 1 aromatic heterocycles. The molecule has 1 spiro atoms. The highest BCUT2D eigenvalue weighted by Gasteiger charge is 2.67. The molecule has 26 heavy (non-hydrogen) atoms. The molecule has 2 unspecified atom stereocenters. The largest absolute Gasteiger partial charge is 0.360 e. The van der Waals surface area contributed by atoms with E-state index >= 15 is 0 Å². The van der Waals surface area contributed by atoms with Crippen molar-refractivity contribution in [3.8, 4) is 0 Å². The molecule has 7 heteroatoms. The summed E-state index contributed by atoms with van der Waals surface area (Å²) in [6.45, 7) is 5.06. The van der Waals surface area contributed by atoms with Crippen LogP contribution >= 0.6 is 0 Å². The van der Waals surface area contributed by atoms with Gasteiger partial charge in [0.2, 0.25) is 11.8 Å². The number of carbonyl (C=O) groups excluding carboxylic acids is 2. The van der Waals surface area contributed by atoms with Gasteiger partial charge in [-0.1, -0.05) is 31.2 Å². The Labute approximate surface area is 152 Å². The molecular formula is C19H25N3O4. The zero-order chi connectivity index (χ0) is 18.5. The summed E-state index contributed by atoms with van der Waals surface area (Å²) >= 11 is 0. The zero-order valence-corrected chi connectivity index (χ0v) is 15.4. The average Bonchev–Trinajstić information content (AvgIpc) is 3.38. The van der Waals surface area contributed by atoms with Crippen LogP contribution in [-0.2, 0) is 20.9 Å².